The number of thiophene rings is 1. The van der Waals surface area contributed by atoms with Crippen molar-refractivity contribution in [3.05, 3.63) is 64.4 Å². The number of thiocarbonyl (C=S) groups is 1. The summed E-state index contributed by atoms with van der Waals surface area (Å²) in [5.41, 5.74) is 1.14. The van der Waals surface area contributed by atoms with Gasteiger partial charge in [0.25, 0.3) is 0 Å². The van der Waals surface area contributed by atoms with Crippen LogP contribution < -0.4 is 5.32 Å². The molecule has 0 atom stereocenters. The summed E-state index contributed by atoms with van der Waals surface area (Å²) in [5.74, 6) is -0.215. The first-order chi connectivity index (χ1) is 10.1. The standard InChI is InChI=1S/C16H16N2OS2/c1-18(12-13-6-3-2-4-7-13)16(20)17-15(19)10-9-14-8-5-11-21-14/h2-11H,12H2,1H3,(H,17,19,20). The van der Waals surface area contributed by atoms with Gasteiger partial charge in [0.1, 0.15) is 0 Å². The van der Waals surface area contributed by atoms with Gasteiger partial charge in [-0.05, 0) is 35.3 Å². The van der Waals surface area contributed by atoms with Crippen LogP contribution in [0.5, 0.6) is 0 Å². The molecule has 0 fully saturated rings. The van der Waals surface area contributed by atoms with Crippen molar-refractivity contribution in [1.29, 1.82) is 0 Å². The Kier molecular flexibility index (Phi) is 5.66. The zero-order valence-corrected chi connectivity index (χ0v) is 13.3. The third-order valence-electron chi connectivity index (χ3n) is 2.78. The van der Waals surface area contributed by atoms with Gasteiger partial charge in [-0.25, -0.2) is 0 Å². The topological polar surface area (TPSA) is 32.3 Å². The lowest BCUT2D eigenvalue weighted by Crippen LogP contribution is -2.39. The van der Waals surface area contributed by atoms with Crippen LogP contribution in [-0.4, -0.2) is 23.0 Å². The van der Waals surface area contributed by atoms with E-state index in [4.69, 9.17) is 12.2 Å². The van der Waals surface area contributed by atoms with Crippen LogP contribution in [0.15, 0.2) is 53.9 Å². The fourth-order valence-corrected chi connectivity index (χ4v) is 2.50. The lowest BCUT2D eigenvalue weighted by atomic mass is 10.2. The van der Waals surface area contributed by atoms with Gasteiger partial charge >= 0.3 is 0 Å². The summed E-state index contributed by atoms with van der Waals surface area (Å²) in [4.78, 5) is 14.7. The highest BCUT2D eigenvalue weighted by Crippen LogP contribution is 2.09. The van der Waals surface area contributed by atoms with Crippen LogP contribution in [0.4, 0.5) is 0 Å². The average molecular weight is 316 g/mol. The monoisotopic (exact) mass is 316 g/mol. The quantitative estimate of drug-likeness (QED) is 0.694. The van der Waals surface area contributed by atoms with Crippen LogP contribution in [0.2, 0.25) is 0 Å². The number of rotatable bonds is 4. The third-order valence-corrected chi connectivity index (χ3v) is 4.03. The van der Waals surface area contributed by atoms with E-state index in [1.807, 2.05) is 59.8 Å². The second-order valence-corrected chi connectivity index (χ2v) is 5.85. The SMILES string of the molecule is CN(Cc1ccccc1)C(=S)NC(=O)C=Cc1cccs1. The molecule has 3 nitrogen and oxygen atoms in total. The Morgan fingerprint density at radius 1 is 1.29 bits per heavy atom. The number of nitrogens with zero attached hydrogens (tertiary/aromatic N) is 1. The largest absolute Gasteiger partial charge is 0.348 e. The van der Waals surface area contributed by atoms with E-state index in [2.05, 4.69) is 5.32 Å². The molecule has 0 aliphatic heterocycles. The number of hydrogen-bond donors (Lipinski definition) is 1. The lowest BCUT2D eigenvalue weighted by molar-refractivity contribution is -0.115. The zero-order chi connectivity index (χ0) is 15.1. The van der Waals surface area contributed by atoms with Crippen LogP contribution in [-0.2, 0) is 11.3 Å². The molecular formula is C16H16N2OS2. The van der Waals surface area contributed by atoms with E-state index in [-0.39, 0.29) is 5.91 Å². The van der Waals surface area contributed by atoms with Gasteiger partial charge in [0.2, 0.25) is 5.91 Å². The summed E-state index contributed by atoms with van der Waals surface area (Å²) in [6.07, 6.45) is 3.27. The van der Waals surface area contributed by atoms with Crippen LogP contribution in [0.1, 0.15) is 10.4 Å². The Morgan fingerprint density at radius 2 is 2.05 bits per heavy atom. The molecule has 108 valence electrons. The highest BCUT2D eigenvalue weighted by atomic mass is 32.1. The molecule has 2 rings (SSSR count). The molecule has 2 aromatic rings. The third kappa shape index (κ3) is 5.13. The van der Waals surface area contributed by atoms with E-state index < -0.39 is 0 Å². The fourth-order valence-electron chi connectivity index (χ4n) is 1.72. The predicted octanol–water partition coefficient (Wildman–Crippen LogP) is 3.29. The molecule has 0 aliphatic carbocycles. The van der Waals surface area contributed by atoms with Crippen molar-refractivity contribution in [2.45, 2.75) is 6.54 Å². The van der Waals surface area contributed by atoms with Gasteiger partial charge in [-0.1, -0.05) is 36.4 Å². The first kappa shape index (κ1) is 15.4. The number of carbonyl (C=O) groups is 1. The Morgan fingerprint density at radius 3 is 2.71 bits per heavy atom. The molecular weight excluding hydrogens is 300 g/mol. The maximum absolute atomic E-state index is 11.8. The molecule has 1 N–H and O–H groups in total. The maximum Gasteiger partial charge on any atom is 0.250 e. The molecule has 0 saturated carbocycles. The number of carbonyl (C=O) groups excluding carboxylic acids is 1. The van der Waals surface area contributed by atoms with Gasteiger partial charge < -0.3 is 4.90 Å². The Balaban J connectivity index is 1.84. The maximum atomic E-state index is 11.8. The van der Waals surface area contributed by atoms with Crippen molar-refractivity contribution >= 4 is 40.7 Å². The van der Waals surface area contributed by atoms with Crippen molar-refractivity contribution in [2.24, 2.45) is 0 Å². The van der Waals surface area contributed by atoms with Crippen LogP contribution in [0.3, 0.4) is 0 Å². The Hall–Kier alpha value is -1.98. The van der Waals surface area contributed by atoms with Crippen molar-refractivity contribution in [1.82, 2.24) is 10.2 Å². The molecule has 1 aromatic carbocycles. The minimum atomic E-state index is -0.215. The minimum Gasteiger partial charge on any atom is -0.348 e. The van der Waals surface area contributed by atoms with E-state index in [9.17, 15) is 4.79 Å². The molecule has 0 spiro atoms. The van der Waals surface area contributed by atoms with Crippen LogP contribution >= 0.6 is 23.6 Å². The smallest absolute Gasteiger partial charge is 0.250 e. The van der Waals surface area contributed by atoms with Crippen molar-refractivity contribution in [3.8, 4) is 0 Å². The van der Waals surface area contributed by atoms with Crippen LogP contribution in [0.25, 0.3) is 6.08 Å². The minimum absolute atomic E-state index is 0.215. The number of hydrogen-bond acceptors (Lipinski definition) is 3. The van der Waals surface area contributed by atoms with Crippen molar-refractivity contribution in [3.63, 3.8) is 0 Å². The molecule has 1 heterocycles. The highest BCUT2D eigenvalue weighted by Gasteiger charge is 2.07. The normalized spacial score (nSPS) is 10.5. The summed E-state index contributed by atoms with van der Waals surface area (Å²) in [5, 5.41) is 5.08. The van der Waals surface area contributed by atoms with Crippen molar-refractivity contribution < 1.29 is 4.79 Å². The highest BCUT2D eigenvalue weighted by molar-refractivity contribution is 7.80. The number of benzene rings is 1. The summed E-state index contributed by atoms with van der Waals surface area (Å²) in [6.45, 7) is 0.661. The van der Waals surface area contributed by atoms with Gasteiger partial charge in [0.05, 0.1) is 0 Å². The first-order valence-corrected chi connectivity index (χ1v) is 7.75. The first-order valence-electron chi connectivity index (χ1n) is 6.47. The molecule has 0 saturated heterocycles. The molecule has 0 aliphatic rings. The van der Waals surface area contributed by atoms with E-state index in [0.29, 0.717) is 11.7 Å². The second kappa shape index (κ2) is 7.71. The van der Waals surface area contributed by atoms with Gasteiger partial charge in [-0.2, -0.15) is 0 Å². The van der Waals surface area contributed by atoms with E-state index in [1.54, 1.807) is 17.4 Å². The van der Waals surface area contributed by atoms with E-state index in [1.165, 1.54) is 6.08 Å². The predicted molar refractivity (Wildman–Crippen MR) is 92.0 cm³/mol. The van der Waals surface area contributed by atoms with Gasteiger partial charge in [-0.3, -0.25) is 10.1 Å². The van der Waals surface area contributed by atoms with Gasteiger partial charge in [0, 0.05) is 24.5 Å². The zero-order valence-electron chi connectivity index (χ0n) is 11.7. The Labute approximate surface area is 133 Å². The summed E-state index contributed by atoms with van der Waals surface area (Å²) >= 11 is 6.81. The van der Waals surface area contributed by atoms with Crippen molar-refractivity contribution in [2.75, 3.05) is 7.05 Å². The average Bonchev–Trinajstić information content (AvgIpc) is 2.99. The summed E-state index contributed by atoms with van der Waals surface area (Å²) in [6, 6.07) is 13.9. The fraction of sp³-hybridized carbons (Fsp3) is 0.125. The van der Waals surface area contributed by atoms with E-state index in [0.717, 1.165) is 10.4 Å². The molecule has 1 amide bonds. The molecule has 0 radical (unpaired) electrons. The molecule has 21 heavy (non-hydrogen) atoms. The van der Waals surface area contributed by atoms with Gasteiger partial charge in [-0.15, -0.1) is 11.3 Å². The second-order valence-electron chi connectivity index (χ2n) is 4.48. The molecule has 0 bridgehead atoms. The number of amides is 1. The van der Waals surface area contributed by atoms with Crippen LogP contribution in [0, 0.1) is 0 Å². The lowest BCUT2D eigenvalue weighted by Gasteiger charge is -2.19. The Bertz CT molecular complexity index is 621. The summed E-state index contributed by atoms with van der Waals surface area (Å²) < 4.78 is 0. The number of nitrogens with one attached hydrogen (secondary N) is 1. The van der Waals surface area contributed by atoms with Gasteiger partial charge in [0.15, 0.2) is 5.11 Å². The summed E-state index contributed by atoms with van der Waals surface area (Å²) in [7, 11) is 1.86. The molecule has 0 unspecified atom stereocenters. The molecule has 5 heteroatoms. The molecule has 1 aromatic heterocycles. The van der Waals surface area contributed by atoms with E-state index >= 15 is 0 Å².